The molecule has 0 heterocycles. The zero-order valence-corrected chi connectivity index (χ0v) is 21.6. The van der Waals surface area contributed by atoms with Crippen molar-refractivity contribution < 1.29 is 9.13 Å². The van der Waals surface area contributed by atoms with Gasteiger partial charge in [0.2, 0.25) is 0 Å². The van der Waals surface area contributed by atoms with Gasteiger partial charge in [-0.25, -0.2) is 4.39 Å². The van der Waals surface area contributed by atoms with Crippen LogP contribution >= 0.6 is 0 Å². The second kappa shape index (κ2) is 12.7. The lowest BCUT2D eigenvalue weighted by atomic mass is 9.65. The van der Waals surface area contributed by atoms with Crippen LogP contribution in [0.5, 0.6) is 0 Å². The van der Waals surface area contributed by atoms with Crippen molar-refractivity contribution in [1.82, 2.24) is 0 Å². The van der Waals surface area contributed by atoms with E-state index in [1.807, 2.05) is 6.07 Å². The van der Waals surface area contributed by atoms with Crippen LogP contribution in [0, 0.1) is 23.6 Å². The average Bonchev–Trinajstić information content (AvgIpc) is 2.83. The first-order valence-electron chi connectivity index (χ1n) is 14.6. The Kier molecular flexibility index (Phi) is 9.71. The first-order valence-corrected chi connectivity index (χ1v) is 14.6. The summed E-state index contributed by atoms with van der Waals surface area (Å²) in [6, 6.07) is 4.24. The van der Waals surface area contributed by atoms with Crippen LogP contribution in [-0.4, -0.2) is 12.7 Å². The molecule has 3 aliphatic carbocycles. The monoisotopic (exact) mass is 456 g/mol. The zero-order valence-electron chi connectivity index (χ0n) is 21.6. The highest BCUT2D eigenvalue weighted by atomic mass is 19.1. The van der Waals surface area contributed by atoms with Crippen molar-refractivity contribution in [3.63, 3.8) is 0 Å². The Morgan fingerprint density at radius 1 is 0.818 bits per heavy atom. The average molecular weight is 457 g/mol. The molecule has 33 heavy (non-hydrogen) atoms. The maximum Gasteiger partial charge on any atom is 0.126 e. The van der Waals surface area contributed by atoms with Gasteiger partial charge in [-0.1, -0.05) is 64.9 Å². The molecule has 4 rings (SSSR count). The Bertz CT molecular complexity index is 728. The number of hydrogen-bond donors (Lipinski definition) is 0. The molecular formula is C31H49FO. The van der Waals surface area contributed by atoms with Crippen molar-refractivity contribution in [3.05, 3.63) is 34.6 Å². The minimum Gasteiger partial charge on any atom is -0.378 e. The van der Waals surface area contributed by atoms with Crippen LogP contribution < -0.4 is 0 Å². The Balaban J connectivity index is 1.29. The molecule has 5 atom stereocenters. The first kappa shape index (κ1) is 25.2. The summed E-state index contributed by atoms with van der Waals surface area (Å²) in [5.74, 6) is 2.89. The van der Waals surface area contributed by atoms with E-state index < -0.39 is 0 Å². The lowest BCUT2D eigenvalue weighted by Crippen LogP contribution is -2.34. The maximum absolute atomic E-state index is 15.3. The summed E-state index contributed by atoms with van der Waals surface area (Å²) >= 11 is 0. The second-order valence-electron chi connectivity index (χ2n) is 11.6. The van der Waals surface area contributed by atoms with Crippen molar-refractivity contribution in [1.29, 1.82) is 0 Å². The van der Waals surface area contributed by atoms with Gasteiger partial charge in [-0.05, 0) is 111 Å². The number of unbranched alkanes of at least 4 members (excludes halogenated alkanes) is 5. The van der Waals surface area contributed by atoms with Gasteiger partial charge in [-0.2, -0.15) is 0 Å². The molecule has 0 spiro atoms. The van der Waals surface area contributed by atoms with E-state index >= 15 is 4.39 Å². The van der Waals surface area contributed by atoms with Crippen LogP contribution in [0.15, 0.2) is 12.1 Å². The molecule has 0 saturated heterocycles. The second-order valence-corrected chi connectivity index (χ2v) is 11.6. The topological polar surface area (TPSA) is 9.23 Å². The number of hydrogen-bond acceptors (Lipinski definition) is 1. The van der Waals surface area contributed by atoms with E-state index in [2.05, 4.69) is 19.9 Å². The number of aryl methyl sites for hydroxylation is 1. The molecule has 5 unspecified atom stereocenters. The summed E-state index contributed by atoms with van der Waals surface area (Å²) < 4.78 is 21.5. The SMILES string of the molecule is CCCCCCC1CCc2cc(C3CCC4CC(OCCCCC)CCC4C3)c(F)cc2C1. The van der Waals surface area contributed by atoms with Gasteiger partial charge in [0.05, 0.1) is 6.10 Å². The van der Waals surface area contributed by atoms with E-state index in [9.17, 15) is 0 Å². The molecule has 1 aromatic rings. The van der Waals surface area contributed by atoms with Crippen molar-refractivity contribution in [2.45, 2.75) is 135 Å². The predicted molar refractivity (Wildman–Crippen MR) is 137 cm³/mol. The van der Waals surface area contributed by atoms with Gasteiger partial charge < -0.3 is 4.74 Å². The maximum atomic E-state index is 15.3. The third kappa shape index (κ3) is 6.83. The highest BCUT2D eigenvalue weighted by Gasteiger charge is 2.37. The molecule has 2 heteroatoms. The van der Waals surface area contributed by atoms with Crippen LogP contribution in [0.25, 0.3) is 0 Å². The standard InChI is InChI=1S/C31H49FO/c1-3-5-7-8-10-23-11-12-26-21-30(31(32)22-28(26)18-23)27-14-13-25-20-29(16-15-24(25)19-27)33-17-9-6-4-2/h21-25,27,29H,3-20H2,1-2H3. The highest BCUT2D eigenvalue weighted by Crippen LogP contribution is 2.47. The van der Waals surface area contributed by atoms with E-state index in [0.29, 0.717) is 12.0 Å². The van der Waals surface area contributed by atoms with Crippen LogP contribution in [0.3, 0.4) is 0 Å². The molecule has 0 amide bonds. The summed E-state index contributed by atoms with van der Waals surface area (Å²) in [5, 5.41) is 0. The Hall–Kier alpha value is -0.890. The van der Waals surface area contributed by atoms with E-state index in [-0.39, 0.29) is 5.82 Å². The summed E-state index contributed by atoms with van der Waals surface area (Å²) in [6.45, 7) is 5.47. The molecule has 3 aliphatic rings. The molecule has 2 saturated carbocycles. The molecule has 0 aromatic heterocycles. The van der Waals surface area contributed by atoms with E-state index in [1.54, 1.807) is 0 Å². The van der Waals surface area contributed by atoms with Gasteiger partial charge in [0.1, 0.15) is 5.82 Å². The van der Waals surface area contributed by atoms with Gasteiger partial charge in [-0.3, -0.25) is 0 Å². The summed E-state index contributed by atoms with van der Waals surface area (Å²) in [5.41, 5.74) is 3.83. The Labute approximate surface area is 203 Å². The normalized spacial score (nSPS) is 29.5. The summed E-state index contributed by atoms with van der Waals surface area (Å²) in [4.78, 5) is 0. The number of fused-ring (bicyclic) bond motifs is 2. The molecule has 0 bridgehead atoms. The largest absolute Gasteiger partial charge is 0.378 e. The van der Waals surface area contributed by atoms with Gasteiger partial charge >= 0.3 is 0 Å². The number of rotatable bonds is 11. The highest BCUT2D eigenvalue weighted by molar-refractivity contribution is 5.37. The zero-order chi connectivity index (χ0) is 23.0. The first-order chi connectivity index (χ1) is 16.2. The fraction of sp³-hybridized carbons (Fsp3) is 0.806. The quantitative estimate of drug-likeness (QED) is 0.302. The van der Waals surface area contributed by atoms with Gasteiger partial charge in [-0.15, -0.1) is 0 Å². The van der Waals surface area contributed by atoms with Crippen LogP contribution in [-0.2, 0) is 17.6 Å². The third-order valence-corrected chi connectivity index (χ3v) is 9.22. The smallest absolute Gasteiger partial charge is 0.126 e. The van der Waals surface area contributed by atoms with Crippen LogP contribution in [0.4, 0.5) is 4.39 Å². The molecule has 0 radical (unpaired) electrons. The molecule has 2 fully saturated rings. The minimum atomic E-state index is 0.0942. The van der Waals surface area contributed by atoms with Crippen LogP contribution in [0.1, 0.15) is 133 Å². The van der Waals surface area contributed by atoms with Crippen molar-refractivity contribution in [2.24, 2.45) is 17.8 Å². The fourth-order valence-electron chi connectivity index (χ4n) is 7.17. The lowest BCUT2D eigenvalue weighted by molar-refractivity contribution is -0.0164. The third-order valence-electron chi connectivity index (χ3n) is 9.22. The Morgan fingerprint density at radius 2 is 1.61 bits per heavy atom. The fourth-order valence-corrected chi connectivity index (χ4v) is 7.17. The number of benzene rings is 1. The van der Waals surface area contributed by atoms with Gasteiger partial charge in [0, 0.05) is 6.61 Å². The molecule has 0 aliphatic heterocycles. The number of ether oxygens (including phenoxy) is 1. The van der Waals surface area contributed by atoms with Crippen molar-refractivity contribution >= 4 is 0 Å². The molecule has 0 N–H and O–H groups in total. The summed E-state index contributed by atoms with van der Waals surface area (Å²) in [6.07, 6.45) is 21.9. The molecule has 186 valence electrons. The predicted octanol–water partition coefficient (Wildman–Crippen LogP) is 9.16. The van der Waals surface area contributed by atoms with Crippen molar-refractivity contribution in [3.8, 4) is 0 Å². The van der Waals surface area contributed by atoms with E-state index in [1.165, 1.54) is 107 Å². The molecule has 1 aromatic carbocycles. The van der Waals surface area contributed by atoms with Crippen molar-refractivity contribution in [2.75, 3.05) is 6.61 Å². The molecule has 1 nitrogen and oxygen atoms in total. The van der Waals surface area contributed by atoms with Crippen LogP contribution in [0.2, 0.25) is 0 Å². The van der Waals surface area contributed by atoms with E-state index in [0.717, 1.165) is 42.8 Å². The van der Waals surface area contributed by atoms with Gasteiger partial charge in [0.15, 0.2) is 0 Å². The Morgan fingerprint density at radius 3 is 2.45 bits per heavy atom. The molecular weight excluding hydrogens is 407 g/mol. The van der Waals surface area contributed by atoms with E-state index in [4.69, 9.17) is 4.74 Å². The summed E-state index contributed by atoms with van der Waals surface area (Å²) in [7, 11) is 0. The minimum absolute atomic E-state index is 0.0942. The lowest BCUT2D eigenvalue weighted by Gasteiger charge is -2.42. The number of halogens is 1. The van der Waals surface area contributed by atoms with Gasteiger partial charge in [0.25, 0.3) is 0 Å².